The zero-order valence-corrected chi connectivity index (χ0v) is 12.4. The Morgan fingerprint density at radius 1 is 1.17 bits per heavy atom. The van der Waals surface area contributed by atoms with Crippen LogP contribution in [0.5, 0.6) is 0 Å². The summed E-state index contributed by atoms with van der Waals surface area (Å²) in [6.07, 6.45) is 3.17. The number of amides is 1. The Morgan fingerprint density at radius 3 is 2.22 bits per heavy atom. The van der Waals surface area contributed by atoms with Gasteiger partial charge in [0.25, 0.3) is 0 Å². The van der Waals surface area contributed by atoms with E-state index < -0.39 is 0 Å². The van der Waals surface area contributed by atoms with E-state index in [2.05, 4.69) is 31.4 Å². The van der Waals surface area contributed by atoms with Gasteiger partial charge >= 0.3 is 0 Å². The summed E-state index contributed by atoms with van der Waals surface area (Å²) < 4.78 is 0. The van der Waals surface area contributed by atoms with Crippen LogP contribution < -0.4 is 10.6 Å². The van der Waals surface area contributed by atoms with Gasteiger partial charge in [0.05, 0.1) is 6.04 Å². The minimum absolute atomic E-state index is 0.119. The molecule has 0 radical (unpaired) electrons. The van der Waals surface area contributed by atoms with Gasteiger partial charge in [-0.25, -0.2) is 0 Å². The first kappa shape index (κ1) is 17.1. The third-order valence-corrected chi connectivity index (χ3v) is 2.69. The Bertz CT molecular complexity index is 269. The SMILES string of the molecule is CCC(=O)C(CCCCNC(C)(C)C)NC(C)=O. The molecule has 2 N–H and O–H groups in total. The number of nitrogens with one attached hydrogen (secondary N) is 2. The largest absolute Gasteiger partial charge is 0.347 e. The minimum atomic E-state index is -0.304. The number of hydrogen-bond acceptors (Lipinski definition) is 3. The topological polar surface area (TPSA) is 58.2 Å². The summed E-state index contributed by atoms with van der Waals surface area (Å²) in [4.78, 5) is 22.7. The summed E-state index contributed by atoms with van der Waals surface area (Å²) in [5.74, 6) is -0.0106. The van der Waals surface area contributed by atoms with E-state index in [1.54, 1.807) is 0 Å². The van der Waals surface area contributed by atoms with Crippen molar-refractivity contribution in [1.29, 1.82) is 0 Å². The smallest absolute Gasteiger partial charge is 0.217 e. The van der Waals surface area contributed by atoms with Crippen LogP contribution in [0.4, 0.5) is 0 Å². The Balaban J connectivity index is 3.90. The van der Waals surface area contributed by atoms with E-state index in [9.17, 15) is 9.59 Å². The molecule has 4 nitrogen and oxygen atoms in total. The van der Waals surface area contributed by atoms with Gasteiger partial charge in [0.2, 0.25) is 5.91 Å². The highest BCUT2D eigenvalue weighted by Gasteiger charge is 2.17. The Kier molecular flexibility index (Phi) is 7.83. The molecule has 106 valence electrons. The summed E-state index contributed by atoms with van der Waals surface area (Å²) in [7, 11) is 0. The number of rotatable bonds is 8. The second-order valence-electron chi connectivity index (χ2n) is 5.75. The number of Topliss-reactive ketones (excluding diaryl/α,β-unsaturated/α-hetero) is 1. The zero-order chi connectivity index (χ0) is 14.2. The van der Waals surface area contributed by atoms with E-state index in [0.717, 1.165) is 25.8 Å². The van der Waals surface area contributed by atoms with E-state index in [1.807, 2.05) is 6.92 Å². The average molecular weight is 256 g/mol. The molecule has 0 aromatic rings. The summed E-state index contributed by atoms with van der Waals surface area (Å²) in [5, 5.41) is 6.14. The zero-order valence-electron chi connectivity index (χ0n) is 12.4. The van der Waals surface area contributed by atoms with Crippen molar-refractivity contribution in [3.8, 4) is 0 Å². The predicted molar refractivity (Wildman–Crippen MR) is 74.5 cm³/mol. The first-order valence-electron chi connectivity index (χ1n) is 6.81. The van der Waals surface area contributed by atoms with Crippen molar-refractivity contribution in [3.05, 3.63) is 0 Å². The number of carbonyl (C=O) groups excluding carboxylic acids is 2. The molecule has 0 aromatic carbocycles. The average Bonchev–Trinajstić information content (AvgIpc) is 2.24. The van der Waals surface area contributed by atoms with Crippen molar-refractivity contribution in [3.63, 3.8) is 0 Å². The molecule has 0 aromatic heterocycles. The molecular weight excluding hydrogens is 228 g/mol. The highest BCUT2D eigenvalue weighted by atomic mass is 16.2. The van der Waals surface area contributed by atoms with Crippen LogP contribution >= 0.6 is 0 Å². The fourth-order valence-corrected chi connectivity index (χ4v) is 1.74. The molecule has 0 spiro atoms. The second-order valence-corrected chi connectivity index (χ2v) is 5.75. The molecule has 1 amide bonds. The van der Waals surface area contributed by atoms with Gasteiger partial charge in [-0.2, -0.15) is 0 Å². The second kappa shape index (κ2) is 8.25. The molecule has 0 bridgehead atoms. The molecule has 0 rings (SSSR count). The number of unbranched alkanes of at least 4 members (excludes halogenated alkanes) is 1. The van der Waals surface area contributed by atoms with Crippen molar-refractivity contribution in [2.24, 2.45) is 0 Å². The maximum absolute atomic E-state index is 11.6. The van der Waals surface area contributed by atoms with E-state index in [-0.39, 0.29) is 23.3 Å². The van der Waals surface area contributed by atoms with Crippen LogP contribution in [0.1, 0.15) is 60.3 Å². The van der Waals surface area contributed by atoms with Gasteiger partial charge < -0.3 is 10.6 Å². The summed E-state index contributed by atoms with van der Waals surface area (Å²) >= 11 is 0. The van der Waals surface area contributed by atoms with Crippen LogP contribution in [-0.2, 0) is 9.59 Å². The van der Waals surface area contributed by atoms with Crippen molar-refractivity contribution < 1.29 is 9.59 Å². The maximum atomic E-state index is 11.6. The van der Waals surface area contributed by atoms with Crippen LogP contribution in [-0.4, -0.2) is 29.8 Å². The number of carbonyl (C=O) groups is 2. The van der Waals surface area contributed by atoms with Gasteiger partial charge in [-0.15, -0.1) is 0 Å². The van der Waals surface area contributed by atoms with Crippen LogP contribution in [0.15, 0.2) is 0 Å². The van der Waals surface area contributed by atoms with Crippen molar-refractivity contribution in [2.75, 3.05) is 6.54 Å². The van der Waals surface area contributed by atoms with Crippen molar-refractivity contribution in [1.82, 2.24) is 10.6 Å². The molecule has 0 saturated carbocycles. The van der Waals surface area contributed by atoms with Gasteiger partial charge in [0.1, 0.15) is 0 Å². The van der Waals surface area contributed by atoms with Gasteiger partial charge in [0, 0.05) is 18.9 Å². The molecule has 4 heteroatoms. The maximum Gasteiger partial charge on any atom is 0.217 e. The quantitative estimate of drug-likeness (QED) is 0.653. The molecule has 0 heterocycles. The summed E-state index contributed by atoms with van der Waals surface area (Å²) in [5.41, 5.74) is 0.135. The van der Waals surface area contributed by atoms with E-state index in [4.69, 9.17) is 0 Å². The van der Waals surface area contributed by atoms with Crippen molar-refractivity contribution >= 4 is 11.7 Å². The van der Waals surface area contributed by atoms with Gasteiger partial charge in [-0.1, -0.05) is 6.92 Å². The number of hydrogen-bond donors (Lipinski definition) is 2. The summed E-state index contributed by atoms with van der Waals surface area (Å²) in [6, 6.07) is -0.304. The molecule has 0 aliphatic carbocycles. The van der Waals surface area contributed by atoms with Crippen molar-refractivity contribution in [2.45, 2.75) is 71.9 Å². The lowest BCUT2D eigenvalue weighted by atomic mass is 10.0. The molecule has 0 saturated heterocycles. The molecule has 18 heavy (non-hydrogen) atoms. The Morgan fingerprint density at radius 2 is 1.78 bits per heavy atom. The standard InChI is InChI=1S/C14H28N2O2/c1-6-13(18)12(16-11(2)17)9-7-8-10-15-14(3,4)5/h12,15H,6-10H2,1-5H3,(H,16,17). The predicted octanol–water partition coefficient (Wildman–Crippen LogP) is 2.03. The summed E-state index contributed by atoms with van der Waals surface area (Å²) in [6.45, 7) is 10.6. The lowest BCUT2D eigenvalue weighted by molar-refractivity contribution is -0.126. The van der Waals surface area contributed by atoms with Crippen LogP contribution in [0.3, 0.4) is 0 Å². The third-order valence-electron chi connectivity index (χ3n) is 2.69. The van der Waals surface area contributed by atoms with E-state index in [0.29, 0.717) is 6.42 Å². The van der Waals surface area contributed by atoms with Gasteiger partial charge in [-0.05, 0) is 46.6 Å². The van der Waals surface area contributed by atoms with Crippen LogP contribution in [0, 0.1) is 0 Å². The van der Waals surface area contributed by atoms with E-state index in [1.165, 1.54) is 6.92 Å². The fourth-order valence-electron chi connectivity index (χ4n) is 1.74. The van der Waals surface area contributed by atoms with Crippen LogP contribution in [0.25, 0.3) is 0 Å². The normalized spacial score (nSPS) is 13.2. The number of ketones is 1. The first-order valence-corrected chi connectivity index (χ1v) is 6.81. The highest BCUT2D eigenvalue weighted by molar-refractivity contribution is 5.88. The van der Waals surface area contributed by atoms with Gasteiger partial charge in [-0.3, -0.25) is 9.59 Å². The molecule has 1 atom stereocenters. The Hall–Kier alpha value is -0.900. The molecule has 0 aliphatic heterocycles. The molecule has 1 unspecified atom stereocenters. The van der Waals surface area contributed by atoms with Gasteiger partial charge in [0.15, 0.2) is 5.78 Å². The minimum Gasteiger partial charge on any atom is -0.347 e. The molecular formula is C14H28N2O2. The molecule has 0 fully saturated rings. The first-order chi connectivity index (χ1) is 8.26. The van der Waals surface area contributed by atoms with Crippen LogP contribution in [0.2, 0.25) is 0 Å². The highest BCUT2D eigenvalue weighted by Crippen LogP contribution is 2.05. The lowest BCUT2D eigenvalue weighted by Gasteiger charge is -2.21. The van der Waals surface area contributed by atoms with E-state index >= 15 is 0 Å². The fraction of sp³-hybridized carbons (Fsp3) is 0.857. The Labute approximate surface area is 111 Å². The molecule has 0 aliphatic rings. The monoisotopic (exact) mass is 256 g/mol. The lowest BCUT2D eigenvalue weighted by Crippen LogP contribution is -2.39. The third kappa shape index (κ3) is 9.16.